The van der Waals surface area contributed by atoms with Crippen LogP contribution in [-0.2, 0) is 14.3 Å². The summed E-state index contributed by atoms with van der Waals surface area (Å²) in [6, 6.07) is 0. The Morgan fingerprint density at radius 3 is 2.15 bits per heavy atom. The average molecular weight is 412 g/mol. The molecule has 0 saturated carbocycles. The van der Waals surface area contributed by atoms with Crippen molar-refractivity contribution in [2.24, 2.45) is 11.7 Å². The van der Waals surface area contributed by atoms with Gasteiger partial charge in [0.2, 0.25) is 0 Å². The van der Waals surface area contributed by atoms with Crippen molar-refractivity contribution in [2.75, 3.05) is 39.3 Å². The van der Waals surface area contributed by atoms with E-state index in [1.165, 1.54) is 0 Å². The summed E-state index contributed by atoms with van der Waals surface area (Å²) < 4.78 is 11.6. The van der Waals surface area contributed by atoms with E-state index < -0.39 is 0 Å². The van der Waals surface area contributed by atoms with Crippen molar-refractivity contribution >= 4 is 30.7 Å². The fourth-order valence-corrected chi connectivity index (χ4v) is 4.40. The molecule has 26 heavy (non-hydrogen) atoms. The van der Waals surface area contributed by atoms with Gasteiger partial charge < -0.3 is 20.1 Å². The van der Waals surface area contributed by atoms with Crippen LogP contribution in [0.2, 0.25) is 0 Å². The van der Waals surface area contributed by atoms with Crippen LogP contribution in [0.5, 0.6) is 0 Å². The van der Waals surface area contributed by atoms with Crippen LogP contribution < -0.4 is 5.73 Å². The SMILES string of the molecule is CC1CN(CC2CCN(C(=O)[C@@H]3CC[C@H](CN)O3)CC2)CC(C)O1.Cl.Cl. The van der Waals surface area contributed by atoms with Crippen LogP contribution >= 0.6 is 24.8 Å². The van der Waals surface area contributed by atoms with E-state index in [0.717, 1.165) is 58.4 Å². The minimum atomic E-state index is -0.254. The number of carbonyl (C=O) groups excluding carboxylic acids is 1. The Labute approximate surface area is 169 Å². The number of amides is 1. The predicted molar refractivity (Wildman–Crippen MR) is 107 cm³/mol. The van der Waals surface area contributed by atoms with E-state index in [0.29, 0.717) is 24.7 Å². The van der Waals surface area contributed by atoms with Gasteiger partial charge in [-0.3, -0.25) is 9.69 Å². The molecule has 0 bridgehead atoms. The predicted octanol–water partition coefficient (Wildman–Crippen LogP) is 1.68. The third-order valence-electron chi connectivity index (χ3n) is 5.58. The van der Waals surface area contributed by atoms with Gasteiger partial charge in [-0.05, 0) is 45.4 Å². The van der Waals surface area contributed by atoms with Gasteiger partial charge in [-0.1, -0.05) is 0 Å². The van der Waals surface area contributed by atoms with Gasteiger partial charge in [0, 0.05) is 39.3 Å². The molecule has 3 rings (SSSR count). The Morgan fingerprint density at radius 1 is 1.00 bits per heavy atom. The molecule has 2 N–H and O–H groups in total. The van der Waals surface area contributed by atoms with Gasteiger partial charge in [-0.25, -0.2) is 0 Å². The molecule has 0 aromatic heterocycles. The first-order valence-corrected chi connectivity index (χ1v) is 9.57. The van der Waals surface area contributed by atoms with Gasteiger partial charge in [-0.15, -0.1) is 24.8 Å². The lowest BCUT2D eigenvalue weighted by molar-refractivity contribution is -0.144. The molecule has 3 aliphatic heterocycles. The van der Waals surface area contributed by atoms with Gasteiger partial charge >= 0.3 is 0 Å². The summed E-state index contributed by atoms with van der Waals surface area (Å²) in [5.74, 6) is 0.867. The van der Waals surface area contributed by atoms with Gasteiger partial charge in [0.1, 0.15) is 6.10 Å². The van der Waals surface area contributed by atoms with Crippen molar-refractivity contribution in [3.05, 3.63) is 0 Å². The molecule has 8 heteroatoms. The van der Waals surface area contributed by atoms with E-state index in [2.05, 4.69) is 18.7 Å². The molecule has 3 saturated heterocycles. The number of nitrogens with zero attached hydrogens (tertiary/aromatic N) is 2. The molecular weight excluding hydrogens is 377 g/mol. The normalized spacial score (nSPS) is 33.4. The number of ether oxygens (including phenoxy) is 2. The summed E-state index contributed by atoms with van der Waals surface area (Å²) in [6.45, 7) is 9.75. The number of morpholine rings is 1. The highest BCUT2D eigenvalue weighted by Gasteiger charge is 2.35. The highest BCUT2D eigenvalue weighted by Crippen LogP contribution is 2.25. The largest absolute Gasteiger partial charge is 0.373 e. The monoisotopic (exact) mass is 411 g/mol. The number of piperidine rings is 1. The Balaban J connectivity index is 0.00000169. The molecule has 0 aromatic rings. The highest BCUT2D eigenvalue weighted by molar-refractivity contribution is 5.85. The van der Waals surface area contributed by atoms with Crippen LogP contribution in [0.3, 0.4) is 0 Å². The number of rotatable bonds is 4. The van der Waals surface area contributed by atoms with Gasteiger partial charge in [-0.2, -0.15) is 0 Å². The van der Waals surface area contributed by atoms with Gasteiger partial charge in [0.05, 0.1) is 18.3 Å². The maximum Gasteiger partial charge on any atom is 0.251 e. The Bertz CT molecular complexity index is 426. The average Bonchev–Trinajstić information content (AvgIpc) is 3.03. The lowest BCUT2D eigenvalue weighted by Gasteiger charge is -2.39. The summed E-state index contributed by atoms with van der Waals surface area (Å²) in [5.41, 5.74) is 5.64. The molecule has 154 valence electrons. The molecule has 2 unspecified atom stereocenters. The number of hydrogen-bond donors (Lipinski definition) is 1. The molecule has 0 radical (unpaired) electrons. The molecule has 0 aromatic carbocycles. The van der Waals surface area contributed by atoms with E-state index in [4.69, 9.17) is 15.2 Å². The molecule has 0 spiro atoms. The molecule has 6 nitrogen and oxygen atoms in total. The van der Waals surface area contributed by atoms with Crippen molar-refractivity contribution in [2.45, 2.75) is 63.9 Å². The molecule has 3 heterocycles. The minimum Gasteiger partial charge on any atom is -0.373 e. The maximum absolute atomic E-state index is 12.6. The number of carbonyl (C=O) groups is 1. The molecule has 0 aliphatic carbocycles. The van der Waals surface area contributed by atoms with Crippen LogP contribution in [0.15, 0.2) is 0 Å². The second-order valence-electron chi connectivity index (χ2n) is 7.80. The van der Waals surface area contributed by atoms with Crippen molar-refractivity contribution in [1.82, 2.24) is 9.80 Å². The van der Waals surface area contributed by atoms with E-state index in [-0.39, 0.29) is 42.9 Å². The van der Waals surface area contributed by atoms with Crippen molar-refractivity contribution < 1.29 is 14.3 Å². The van der Waals surface area contributed by atoms with Crippen LogP contribution in [0, 0.1) is 5.92 Å². The zero-order valence-electron chi connectivity index (χ0n) is 16.0. The van der Waals surface area contributed by atoms with Crippen LogP contribution in [0.25, 0.3) is 0 Å². The summed E-state index contributed by atoms with van der Waals surface area (Å²) in [4.78, 5) is 17.1. The lowest BCUT2D eigenvalue weighted by atomic mass is 9.95. The zero-order chi connectivity index (χ0) is 17.1. The molecule has 3 fully saturated rings. The number of hydrogen-bond acceptors (Lipinski definition) is 5. The topological polar surface area (TPSA) is 68.0 Å². The Hall–Kier alpha value is -0.110. The zero-order valence-corrected chi connectivity index (χ0v) is 17.6. The minimum absolute atomic E-state index is 0. The van der Waals surface area contributed by atoms with E-state index in [9.17, 15) is 4.79 Å². The first-order valence-electron chi connectivity index (χ1n) is 9.57. The van der Waals surface area contributed by atoms with Crippen molar-refractivity contribution in [1.29, 1.82) is 0 Å². The first kappa shape index (κ1) is 23.9. The fraction of sp³-hybridized carbons (Fsp3) is 0.944. The number of nitrogens with two attached hydrogens (primary N) is 1. The van der Waals surface area contributed by atoms with Crippen molar-refractivity contribution in [3.63, 3.8) is 0 Å². The quantitative estimate of drug-likeness (QED) is 0.761. The first-order chi connectivity index (χ1) is 11.5. The van der Waals surface area contributed by atoms with Gasteiger partial charge in [0.25, 0.3) is 5.91 Å². The van der Waals surface area contributed by atoms with E-state index in [1.807, 2.05) is 4.90 Å². The van der Waals surface area contributed by atoms with E-state index in [1.54, 1.807) is 0 Å². The summed E-state index contributed by atoms with van der Waals surface area (Å²) >= 11 is 0. The standard InChI is InChI=1S/C18H33N3O3.2ClH/c1-13-10-20(11-14(2)23-13)12-15-5-7-21(8-6-15)18(22)17-4-3-16(9-19)24-17;;/h13-17H,3-12,19H2,1-2H3;2*1H/t13?,14?,16-,17+;;/m1../s1. The highest BCUT2D eigenvalue weighted by atomic mass is 35.5. The summed E-state index contributed by atoms with van der Waals surface area (Å²) in [7, 11) is 0. The number of likely N-dealkylation sites (tertiary alicyclic amines) is 1. The molecule has 3 aliphatic rings. The summed E-state index contributed by atoms with van der Waals surface area (Å²) in [6.07, 6.45) is 4.40. The Kier molecular flexibility index (Phi) is 10.1. The fourth-order valence-electron chi connectivity index (χ4n) is 4.40. The second kappa shape index (κ2) is 11.0. The number of halogens is 2. The third-order valence-corrected chi connectivity index (χ3v) is 5.58. The van der Waals surface area contributed by atoms with Crippen molar-refractivity contribution in [3.8, 4) is 0 Å². The Morgan fingerprint density at radius 2 is 1.62 bits per heavy atom. The molecular formula is C18H35Cl2N3O3. The van der Waals surface area contributed by atoms with Crippen LogP contribution in [-0.4, -0.2) is 79.4 Å². The molecule has 4 atom stereocenters. The van der Waals surface area contributed by atoms with E-state index >= 15 is 0 Å². The van der Waals surface area contributed by atoms with Crippen LogP contribution in [0.1, 0.15) is 39.5 Å². The second-order valence-corrected chi connectivity index (χ2v) is 7.80. The third kappa shape index (κ3) is 6.21. The molecule has 1 amide bonds. The lowest BCUT2D eigenvalue weighted by Crippen LogP contribution is -2.49. The maximum atomic E-state index is 12.6. The van der Waals surface area contributed by atoms with Crippen LogP contribution in [0.4, 0.5) is 0 Å². The summed E-state index contributed by atoms with van der Waals surface area (Å²) in [5, 5.41) is 0. The van der Waals surface area contributed by atoms with Gasteiger partial charge in [0.15, 0.2) is 0 Å². The smallest absolute Gasteiger partial charge is 0.251 e.